The molecular formula is C16H15NO6. The molecule has 1 aromatic heterocycles. The van der Waals surface area contributed by atoms with E-state index in [-0.39, 0.29) is 19.1 Å². The second kappa shape index (κ2) is 6.12. The molecule has 1 atom stereocenters. The standard InChI is InChI=1S/C16H15NO6/c18-14(17-6-5-11(8-17)16(20)21)9-22-12-3-1-10-2-4-15(19)23-13(10)7-12/h1-4,7,11H,5-6,8-9H2,(H,20,21). The number of fused-ring (bicyclic) bond motifs is 1. The van der Waals surface area contributed by atoms with Crippen molar-refractivity contribution < 1.29 is 23.8 Å². The molecule has 120 valence electrons. The first-order valence-corrected chi connectivity index (χ1v) is 7.20. The van der Waals surface area contributed by atoms with E-state index in [0.717, 1.165) is 5.39 Å². The van der Waals surface area contributed by atoms with E-state index in [1.807, 2.05) is 0 Å². The Bertz CT molecular complexity index is 812. The van der Waals surface area contributed by atoms with Crippen LogP contribution in [0.15, 0.2) is 39.5 Å². The SMILES string of the molecule is O=C(O)C1CCN(C(=O)COc2ccc3ccc(=O)oc3c2)C1. The predicted molar refractivity (Wildman–Crippen MR) is 80.3 cm³/mol. The average molecular weight is 317 g/mol. The Morgan fingerprint density at radius 2 is 2.09 bits per heavy atom. The van der Waals surface area contributed by atoms with E-state index in [9.17, 15) is 14.4 Å². The van der Waals surface area contributed by atoms with Gasteiger partial charge in [-0.3, -0.25) is 9.59 Å². The highest BCUT2D eigenvalue weighted by atomic mass is 16.5. The van der Waals surface area contributed by atoms with Gasteiger partial charge in [-0.05, 0) is 24.6 Å². The van der Waals surface area contributed by atoms with Gasteiger partial charge in [-0.15, -0.1) is 0 Å². The summed E-state index contributed by atoms with van der Waals surface area (Å²) >= 11 is 0. The van der Waals surface area contributed by atoms with Crippen LogP contribution in [-0.2, 0) is 9.59 Å². The summed E-state index contributed by atoms with van der Waals surface area (Å²) in [5.74, 6) is -1.24. The molecule has 0 saturated carbocycles. The largest absolute Gasteiger partial charge is 0.484 e. The van der Waals surface area contributed by atoms with Crippen LogP contribution in [0, 0.1) is 5.92 Å². The van der Waals surface area contributed by atoms with Gasteiger partial charge in [-0.1, -0.05) is 0 Å². The van der Waals surface area contributed by atoms with Crippen LogP contribution in [0.4, 0.5) is 0 Å². The van der Waals surface area contributed by atoms with E-state index < -0.39 is 17.5 Å². The van der Waals surface area contributed by atoms with E-state index in [1.165, 1.54) is 11.0 Å². The third kappa shape index (κ3) is 3.33. The lowest BCUT2D eigenvalue weighted by atomic mass is 10.1. The summed E-state index contributed by atoms with van der Waals surface area (Å²) < 4.78 is 10.5. The van der Waals surface area contributed by atoms with Crippen LogP contribution in [0.25, 0.3) is 11.0 Å². The molecule has 1 saturated heterocycles. The molecule has 1 N–H and O–H groups in total. The van der Waals surface area contributed by atoms with Gasteiger partial charge >= 0.3 is 11.6 Å². The van der Waals surface area contributed by atoms with Crippen molar-refractivity contribution >= 4 is 22.8 Å². The van der Waals surface area contributed by atoms with Gasteiger partial charge in [0.25, 0.3) is 5.91 Å². The topological polar surface area (TPSA) is 97.0 Å². The fraction of sp³-hybridized carbons (Fsp3) is 0.312. The van der Waals surface area contributed by atoms with Crippen LogP contribution >= 0.6 is 0 Å². The smallest absolute Gasteiger partial charge is 0.336 e. The van der Waals surface area contributed by atoms with E-state index in [2.05, 4.69) is 0 Å². The first kappa shape index (κ1) is 15.1. The number of carbonyl (C=O) groups excluding carboxylic acids is 1. The molecule has 7 nitrogen and oxygen atoms in total. The lowest BCUT2D eigenvalue weighted by Gasteiger charge is -2.16. The molecule has 1 aromatic carbocycles. The Hall–Kier alpha value is -2.83. The third-order valence-electron chi connectivity index (χ3n) is 3.85. The molecule has 1 aliphatic heterocycles. The molecule has 1 fully saturated rings. The predicted octanol–water partition coefficient (Wildman–Crippen LogP) is 1.10. The number of hydrogen-bond acceptors (Lipinski definition) is 5. The van der Waals surface area contributed by atoms with Crippen LogP contribution in [0.5, 0.6) is 5.75 Å². The number of benzene rings is 1. The summed E-state index contributed by atoms with van der Waals surface area (Å²) in [6, 6.07) is 7.94. The molecule has 23 heavy (non-hydrogen) atoms. The fourth-order valence-corrected chi connectivity index (χ4v) is 2.56. The maximum atomic E-state index is 12.0. The van der Waals surface area contributed by atoms with Crippen LogP contribution in [0.3, 0.4) is 0 Å². The normalized spacial score (nSPS) is 17.4. The van der Waals surface area contributed by atoms with Gasteiger partial charge in [-0.2, -0.15) is 0 Å². The Morgan fingerprint density at radius 1 is 1.30 bits per heavy atom. The van der Waals surface area contributed by atoms with Crippen LogP contribution < -0.4 is 10.4 Å². The van der Waals surface area contributed by atoms with Crippen LogP contribution in [-0.4, -0.2) is 41.6 Å². The lowest BCUT2D eigenvalue weighted by molar-refractivity contribution is -0.141. The molecule has 0 aliphatic carbocycles. The fourth-order valence-electron chi connectivity index (χ4n) is 2.56. The maximum Gasteiger partial charge on any atom is 0.336 e. The van der Waals surface area contributed by atoms with Crippen molar-refractivity contribution in [3.05, 3.63) is 40.8 Å². The molecule has 1 aliphatic rings. The number of hydrogen-bond donors (Lipinski definition) is 1. The molecular weight excluding hydrogens is 302 g/mol. The average Bonchev–Trinajstić information content (AvgIpc) is 3.02. The zero-order valence-electron chi connectivity index (χ0n) is 12.2. The molecule has 1 unspecified atom stereocenters. The highest BCUT2D eigenvalue weighted by Crippen LogP contribution is 2.20. The number of carboxylic acid groups (broad SMARTS) is 1. The van der Waals surface area contributed by atoms with E-state index in [1.54, 1.807) is 24.3 Å². The van der Waals surface area contributed by atoms with Crippen molar-refractivity contribution in [1.82, 2.24) is 4.90 Å². The van der Waals surface area contributed by atoms with Gasteiger partial charge in [-0.25, -0.2) is 4.79 Å². The van der Waals surface area contributed by atoms with Crippen molar-refractivity contribution in [2.45, 2.75) is 6.42 Å². The van der Waals surface area contributed by atoms with Crippen molar-refractivity contribution in [2.24, 2.45) is 5.92 Å². The summed E-state index contributed by atoms with van der Waals surface area (Å²) in [4.78, 5) is 35.6. The number of rotatable bonds is 4. The number of aliphatic carboxylic acids is 1. The van der Waals surface area contributed by atoms with Gasteiger partial charge in [0.1, 0.15) is 11.3 Å². The number of carbonyl (C=O) groups is 2. The third-order valence-corrected chi connectivity index (χ3v) is 3.85. The Kier molecular flexibility index (Phi) is 4.01. The lowest BCUT2D eigenvalue weighted by Crippen LogP contribution is -2.33. The Balaban J connectivity index is 1.63. The number of likely N-dealkylation sites (tertiary alicyclic amines) is 1. The monoisotopic (exact) mass is 317 g/mol. The Labute approximate surface area is 131 Å². The highest BCUT2D eigenvalue weighted by Gasteiger charge is 2.30. The molecule has 2 aromatic rings. The van der Waals surface area contributed by atoms with Crippen molar-refractivity contribution in [2.75, 3.05) is 19.7 Å². The minimum absolute atomic E-state index is 0.186. The minimum Gasteiger partial charge on any atom is -0.484 e. The summed E-state index contributed by atoms with van der Waals surface area (Å²) in [5, 5.41) is 9.70. The first-order valence-electron chi connectivity index (χ1n) is 7.20. The van der Waals surface area contributed by atoms with E-state index in [0.29, 0.717) is 24.3 Å². The number of nitrogens with zero attached hydrogens (tertiary/aromatic N) is 1. The Morgan fingerprint density at radius 3 is 2.83 bits per heavy atom. The summed E-state index contributed by atoms with van der Waals surface area (Å²) in [7, 11) is 0. The highest BCUT2D eigenvalue weighted by molar-refractivity contribution is 5.80. The second-order valence-electron chi connectivity index (χ2n) is 5.41. The molecule has 0 spiro atoms. The summed E-state index contributed by atoms with van der Waals surface area (Å²) in [6.45, 7) is 0.449. The molecule has 0 radical (unpaired) electrons. The minimum atomic E-state index is -0.884. The molecule has 1 amide bonds. The number of ether oxygens (including phenoxy) is 1. The van der Waals surface area contributed by atoms with Crippen molar-refractivity contribution in [3.63, 3.8) is 0 Å². The van der Waals surface area contributed by atoms with E-state index >= 15 is 0 Å². The van der Waals surface area contributed by atoms with Gasteiger partial charge in [0.05, 0.1) is 5.92 Å². The molecule has 2 heterocycles. The quantitative estimate of drug-likeness (QED) is 0.848. The van der Waals surface area contributed by atoms with Crippen LogP contribution in [0.2, 0.25) is 0 Å². The molecule has 3 rings (SSSR count). The van der Waals surface area contributed by atoms with Crippen LogP contribution in [0.1, 0.15) is 6.42 Å². The maximum absolute atomic E-state index is 12.0. The number of amides is 1. The number of carboxylic acids is 1. The van der Waals surface area contributed by atoms with Crippen molar-refractivity contribution in [3.8, 4) is 5.75 Å². The van der Waals surface area contributed by atoms with Gasteiger partial charge in [0.2, 0.25) is 0 Å². The zero-order chi connectivity index (χ0) is 16.4. The molecule has 0 bridgehead atoms. The van der Waals surface area contributed by atoms with Gasteiger partial charge < -0.3 is 19.2 Å². The zero-order valence-corrected chi connectivity index (χ0v) is 12.2. The molecule has 7 heteroatoms. The summed E-state index contributed by atoms with van der Waals surface area (Å²) in [5.41, 5.74) is -0.0722. The summed E-state index contributed by atoms with van der Waals surface area (Å²) in [6.07, 6.45) is 0.461. The van der Waals surface area contributed by atoms with E-state index in [4.69, 9.17) is 14.3 Å². The van der Waals surface area contributed by atoms with Gasteiger partial charge in [0.15, 0.2) is 6.61 Å². The van der Waals surface area contributed by atoms with Crippen molar-refractivity contribution in [1.29, 1.82) is 0 Å². The second-order valence-corrected chi connectivity index (χ2v) is 5.41. The van der Waals surface area contributed by atoms with Gasteiger partial charge in [0, 0.05) is 30.6 Å². The first-order chi connectivity index (χ1) is 11.0.